The fourth-order valence-electron chi connectivity index (χ4n) is 4.21. The summed E-state index contributed by atoms with van der Waals surface area (Å²) in [7, 11) is 0. The number of nitrogens with zero attached hydrogens (tertiary/aromatic N) is 4. The number of benzene rings is 1. The molecule has 0 radical (unpaired) electrons. The lowest BCUT2D eigenvalue weighted by Crippen LogP contribution is -2.51. The molecular formula is C24H33N5O2S. The van der Waals surface area contributed by atoms with Crippen LogP contribution in [0.25, 0.3) is 11.3 Å². The summed E-state index contributed by atoms with van der Waals surface area (Å²) < 4.78 is 0. The van der Waals surface area contributed by atoms with E-state index in [1.54, 1.807) is 11.3 Å². The van der Waals surface area contributed by atoms with Gasteiger partial charge in [-0.3, -0.25) is 19.4 Å². The third-order valence-corrected chi connectivity index (χ3v) is 6.64. The number of hydrogen-bond acceptors (Lipinski definition) is 6. The molecule has 0 aliphatic carbocycles. The molecule has 4 rings (SSSR count). The van der Waals surface area contributed by atoms with E-state index in [-0.39, 0.29) is 17.4 Å². The first kappa shape index (κ1) is 22.9. The Morgan fingerprint density at radius 2 is 1.75 bits per heavy atom. The number of carbonyl (C=O) groups excluding carboxylic acids is 2. The Labute approximate surface area is 194 Å². The van der Waals surface area contributed by atoms with E-state index in [0.717, 1.165) is 67.6 Å². The van der Waals surface area contributed by atoms with Gasteiger partial charge in [-0.2, -0.15) is 0 Å². The molecule has 2 fully saturated rings. The summed E-state index contributed by atoms with van der Waals surface area (Å²) in [6.45, 7) is 11.8. The van der Waals surface area contributed by atoms with E-state index in [1.165, 1.54) is 0 Å². The van der Waals surface area contributed by atoms with Gasteiger partial charge < -0.3 is 10.2 Å². The van der Waals surface area contributed by atoms with Gasteiger partial charge in [0.15, 0.2) is 0 Å². The van der Waals surface area contributed by atoms with Gasteiger partial charge in [0.05, 0.1) is 18.8 Å². The summed E-state index contributed by atoms with van der Waals surface area (Å²) in [6, 6.07) is 8.15. The minimum Gasteiger partial charge on any atom is -0.350 e. The number of carbonyl (C=O) groups is 2. The SMILES string of the molecule is CC(C)(C)NC(=O)CN1CCN(Cc2nc(-c3ccc(N4CCCC4=O)cc3)cs2)CC1. The maximum absolute atomic E-state index is 12.2. The van der Waals surface area contributed by atoms with E-state index in [9.17, 15) is 9.59 Å². The van der Waals surface area contributed by atoms with Gasteiger partial charge in [0.1, 0.15) is 5.01 Å². The van der Waals surface area contributed by atoms with Crippen molar-refractivity contribution >= 4 is 28.8 Å². The Morgan fingerprint density at radius 1 is 1.06 bits per heavy atom. The predicted octanol–water partition coefficient (Wildman–Crippen LogP) is 2.97. The van der Waals surface area contributed by atoms with Gasteiger partial charge in [-0.25, -0.2) is 4.98 Å². The lowest BCUT2D eigenvalue weighted by atomic mass is 10.1. The zero-order valence-electron chi connectivity index (χ0n) is 19.3. The van der Waals surface area contributed by atoms with Crippen LogP contribution in [0.1, 0.15) is 38.6 Å². The van der Waals surface area contributed by atoms with Crippen LogP contribution in [0, 0.1) is 0 Å². The van der Waals surface area contributed by atoms with Gasteiger partial charge in [0.2, 0.25) is 11.8 Å². The zero-order valence-corrected chi connectivity index (χ0v) is 20.1. The highest BCUT2D eigenvalue weighted by atomic mass is 32.1. The molecule has 0 unspecified atom stereocenters. The van der Waals surface area contributed by atoms with Crippen LogP contribution in [0.3, 0.4) is 0 Å². The van der Waals surface area contributed by atoms with E-state index >= 15 is 0 Å². The number of anilines is 1. The second-order valence-corrected chi connectivity index (χ2v) is 10.6. The minimum absolute atomic E-state index is 0.0932. The Morgan fingerprint density at radius 3 is 2.38 bits per heavy atom. The molecular weight excluding hydrogens is 422 g/mol. The van der Waals surface area contributed by atoms with E-state index in [0.29, 0.717) is 13.0 Å². The monoisotopic (exact) mass is 455 g/mol. The fraction of sp³-hybridized carbons (Fsp3) is 0.542. The number of nitrogens with one attached hydrogen (secondary N) is 1. The highest BCUT2D eigenvalue weighted by Crippen LogP contribution is 2.27. The zero-order chi connectivity index (χ0) is 22.7. The summed E-state index contributed by atoms with van der Waals surface area (Å²) in [6.07, 6.45) is 1.59. The van der Waals surface area contributed by atoms with Crippen molar-refractivity contribution in [2.75, 3.05) is 44.2 Å². The lowest BCUT2D eigenvalue weighted by Gasteiger charge is -2.34. The van der Waals surface area contributed by atoms with Crippen molar-refractivity contribution in [1.29, 1.82) is 0 Å². The molecule has 0 atom stereocenters. The second kappa shape index (κ2) is 9.68. The molecule has 8 heteroatoms. The molecule has 2 aliphatic heterocycles. The molecule has 2 amide bonds. The quantitative estimate of drug-likeness (QED) is 0.725. The molecule has 172 valence electrons. The first-order valence-electron chi connectivity index (χ1n) is 11.4. The van der Waals surface area contributed by atoms with Crippen molar-refractivity contribution in [2.45, 2.75) is 45.7 Å². The average molecular weight is 456 g/mol. The third kappa shape index (κ3) is 5.94. The first-order chi connectivity index (χ1) is 15.3. The minimum atomic E-state index is -0.187. The standard InChI is InChI=1S/C24H33N5O2S/c1-24(2,3)26-21(30)15-27-11-13-28(14-12-27)16-22-25-20(17-32-22)18-6-8-19(9-7-18)29-10-4-5-23(29)31/h6-9,17H,4-5,10-16H2,1-3H3,(H,26,30). The maximum Gasteiger partial charge on any atom is 0.234 e. The summed E-state index contributed by atoms with van der Waals surface area (Å²) in [5.74, 6) is 0.305. The van der Waals surface area contributed by atoms with Gasteiger partial charge in [-0.15, -0.1) is 11.3 Å². The van der Waals surface area contributed by atoms with Crippen molar-refractivity contribution in [2.24, 2.45) is 0 Å². The van der Waals surface area contributed by atoms with Crippen LogP contribution in [0.4, 0.5) is 5.69 Å². The van der Waals surface area contributed by atoms with Crippen molar-refractivity contribution < 1.29 is 9.59 Å². The number of piperazine rings is 1. The Kier molecular flexibility index (Phi) is 6.93. The maximum atomic E-state index is 12.2. The van der Waals surface area contributed by atoms with Crippen LogP contribution < -0.4 is 10.2 Å². The fourth-order valence-corrected chi connectivity index (χ4v) is 5.05. The average Bonchev–Trinajstić information content (AvgIpc) is 3.37. The third-order valence-electron chi connectivity index (χ3n) is 5.81. The number of rotatable bonds is 6. The van der Waals surface area contributed by atoms with Crippen molar-refractivity contribution in [1.82, 2.24) is 20.1 Å². The smallest absolute Gasteiger partial charge is 0.234 e. The Bertz CT molecular complexity index is 942. The molecule has 32 heavy (non-hydrogen) atoms. The van der Waals surface area contributed by atoms with Gasteiger partial charge in [0.25, 0.3) is 0 Å². The van der Waals surface area contributed by atoms with Crippen LogP contribution in [-0.4, -0.2) is 71.4 Å². The van der Waals surface area contributed by atoms with Gasteiger partial charge in [-0.05, 0) is 39.3 Å². The molecule has 2 aromatic rings. The van der Waals surface area contributed by atoms with E-state index in [1.807, 2.05) is 37.8 Å². The molecule has 2 saturated heterocycles. The molecule has 0 saturated carbocycles. The predicted molar refractivity (Wildman–Crippen MR) is 129 cm³/mol. The van der Waals surface area contributed by atoms with Crippen LogP contribution in [0.2, 0.25) is 0 Å². The van der Waals surface area contributed by atoms with Gasteiger partial charge in [0, 0.05) is 61.3 Å². The highest BCUT2D eigenvalue weighted by Gasteiger charge is 2.23. The van der Waals surface area contributed by atoms with E-state index < -0.39 is 0 Å². The van der Waals surface area contributed by atoms with Crippen molar-refractivity contribution in [3.63, 3.8) is 0 Å². The molecule has 1 aromatic carbocycles. The van der Waals surface area contributed by atoms with Crippen LogP contribution in [0.5, 0.6) is 0 Å². The molecule has 7 nitrogen and oxygen atoms in total. The second-order valence-electron chi connectivity index (χ2n) is 9.67. The van der Waals surface area contributed by atoms with Crippen LogP contribution in [0.15, 0.2) is 29.6 Å². The topological polar surface area (TPSA) is 68.8 Å². The number of thiazole rings is 1. The van der Waals surface area contributed by atoms with E-state index in [2.05, 4.69) is 32.6 Å². The molecule has 0 spiro atoms. The van der Waals surface area contributed by atoms with Gasteiger partial charge >= 0.3 is 0 Å². The highest BCUT2D eigenvalue weighted by molar-refractivity contribution is 7.09. The molecule has 2 aliphatic rings. The van der Waals surface area contributed by atoms with Crippen LogP contribution >= 0.6 is 11.3 Å². The summed E-state index contributed by atoms with van der Waals surface area (Å²) in [5.41, 5.74) is 2.85. The van der Waals surface area contributed by atoms with Crippen molar-refractivity contribution in [3.05, 3.63) is 34.7 Å². The normalized spacial score (nSPS) is 18.3. The molecule has 0 bridgehead atoms. The number of amides is 2. The molecule has 1 N–H and O–H groups in total. The number of hydrogen-bond donors (Lipinski definition) is 1. The van der Waals surface area contributed by atoms with Crippen LogP contribution in [-0.2, 0) is 16.1 Å². The Balaban J connectivity index is 1.27. The van der Waals surface area contributed by atoms with Gasteiger partial charge in [-0.1, -0.05) is 12.1 Å². The summed E-state index contributed by atoms with van der Waals surface area (Å²) in [4.78, 5) is 35.4. The van der Waals surface area contributed by atoms with E-state index in [4.69, 9.17) is 4.98 Å². The Hall–Kier alpha value is -2.29. The number of aromatic nitrogens is 1. The molecule has 1 aromatic heterocycles. The summed E-state index contributed by atoms with van der Waals surface area (Å²) >= 11 is 1.69. The largest absolute Gasteiger partial charge is 0.350 e. The van der Waals surface area contributed by atoms with Crippen molar-refractivity contribution in [3.8, 4) is 11.3 Å². The first-order valence-corrected chi connectivity index (χ1v) is 12.3. The lowest BCUT2D eigenvalue weighted by molar-refractivity contribution is -0.124. The molecule has 3 heterocycles. The summed E-state index contributed by atoms with van der Waals surface area (Å²) in [5, 5.41) is 6.25.